The quantitative estimate of drug-likeness (QED) is 0.315. The predicted molar refractivity (Wildman–Crippen MR) is 119 cm³/mol. The third-order valence-electron chi connectivity index (χ3n) is 4.23. The lowest BCUT2D eigenvalue weighted by molar-refractivity contribution is -0.126. The van der Waals surface area contributed by atoms with Crippen LogP contribution in [0.15, 0.2) is 84.0 Å². The standard InChI is InChI=1S/C24H23N3O4/c1-30-21-11-9-19(10-12-21)17-31-22-13-7-18(8-14-22)16-25-27-24(29)15-23(28)26-20-5-3-2-4-6-20/h2-14,16H,15,17H2,1H3,(H,26,28)(H,27,29). The van der Waals surface area contributed by atoms with E-state index in [1.807, 2.05) is 54.6 Å². The van der Waals surface area contributed by atoms with Crippen LogP contribution in [0.25, 0.3) is 0 Å². The number of rotatable bonds is 9. The molecule has 0 spiro atoms. The van der Waals surface area contributed by atoms with Gasteiger partial charge < -0.3 is 14.8 Å². The van der Waals surface area contributed by atoms with Gasteiger partial charge in [-0.15, -0.1) is 0 Å². The molecule has 2 amide bonds. The fourth-order valence-corrected chi connectivity index (χ4v) is 2.63. The molecule has 0 radical (unpaired) electrons. The molecule has 0 saturated heterocycles. The van der Waals surface area contributed by atoms with Gasteiger partial charge in [0, 0.05) is 5.69 Å². The summed E-state index contributed by atoms with van der Waals surface area (Å²) in [5.41, 5.74) is 4.80. The summed E-state index contributed by atoms with van der Waals surface area (Å²) >= 11 is 0. The van der Waals surface area contributed by atoms with Crippen LogP contribution >= 0.6 is 0 Å². The van der Waals surface area contributed by atoms with Gasteiger partial charge in [0.15, 0.2) is 0 Å². The Labute approximate surface area is 180 Å². The van der Waals surface area contributed by atoms with E-state index in [9.17, 15) is 9.59 Å². The highest BCUT2D eigenvalue weighted by molar-refractivity contribution is 6.03. The van der Waals surface area contributed by atoms with Gasteiger partial charge in [0.2, 0.25) is 11.8 Å². The van der Waals surface area contributed by atoms with E-state index in [2.05, 4.69) is 15.8 Å². The number of para-hydroxylation sites is 1. The number of nitrogens with one attached hydrogen (secondary N) is 2. The van der Waals surface area contributed by atoms with Crippen LogP contribution in [0.4, 0.5) is 5.69 Å². The molecule has 2 N–H and O–H groups in total. The van der Waals surface area contributed by atoms with E-state index < -0.39 is 11.8 Å². The predicted octanol–water partition coefficient (Wildman–Crippen LogP) is 3.75. The van der Waals surface area contributed by atoms with E-state index >= 15 is 0 Å². The molecule has 3 aromatic rings. The van der Waals surface area contributed by atoms with Crippen molar-refractivity contribution in [3.05, 3.63) is 90.0 Å². The third-order valence-corrected chi connectivity index (χ3v) is 4.23. The molecule has 31 heavy (non-hydrogen) atoms. The Kier molecular flexibility index (Phi) is 7.77. The number of hydrogen-bond acceptors (Lipinski definition) is 5. The summed E-state index contributed by atoms with van der Waals surface area (Å²) in [7, 11) is 1.63. The minimum absolute atomic E-state index is 0.315. The second-order valence-electron chi connectivity index (χ2n) is 6.59. The zero-order valence-electron chi connectivity index (χ0n) is 17.1. The van der Waals surface area contributed by atoms with Crippen LogP contribution in [-0.2, 0) is 16.2 Å². The van der Waals surface area contributed by atoms with Gasteiger partial charge in [0.1, 0.15) is 24.5 Å². The minimum Gasteiger partial charge on any atom is -0.497 e. The molecule has 158 valence electrons. The van der Waals surface area contributed by atoms with Crippen LogP contribution in [0, 0.1) is 0 Å². The first-order valence-corrected chi connectivity index (χ1v) is 9.65. The number of hydrazone groups is 1. The average Bonchev–Trinajstić information content (AvgIpc) is 2.79. The van der Waals surface area contributed by atoms with E-state index in [1.165, 1.54) is 6.21 Å². The molecule has 3 aromatic carbocycles. The van der Waals surface area contributed by atoms with Gasteiger partial charge in [-0.05, 0) is 59.7 Å². The van der Waals surface area contributed by atoms with Gasteiger partial charge in [0.25, 0.3) is 0 Å². The average molecular weight is 417 g/mol. The monoisotopic (exact) mass is 417 g/mol. The van der Waals surface area contributed by atoms with Crippen LogP contribution in [0.2, 0.25) is 0 Å². The number of anilines is 1. The Morgan fingerprint density at radius 3 is 2.23 bits per heavy atom. The number of methoxy groups -OCH3 is 1. The molecule has 3 rings (SSSR count). The molecule has 0 aliphatic heterocycles. The highest BCUT2D eigenvalue weighted by Gasteiger charge is 2.08. The summed E-state index contributed by atoms with van der Waals surface area (Å²) < 4.78 is 10.9. The van der Waals surface area contributed by atoms with E-state index in [0.29, 0.717) is 12.3 Å². The van der Waals surface area contributed by atoms with Crippen molar-refractivity contribution in [2.75, 3.05) is 12.4 Å². The van der Waals surface area contributed by atoms with Crippen molar-refractivity contribution >= 4 is 23.7 Å². The highest BCUT2D eigenvalue weighted by Crippen LogP contribution is 2.16. The summed E-state index contributed by atoms with van der Waals surface area (Å²) in [5, 5.41) is 6.53. The number of amides is 2. The lowest BCUT2D eigenvalue weighted by atomic mass is 10.2. The molecule has 0 bridgehead atoms. The van der Waals surface area contributed by atoms with Gasteiger partial charge in [-0.3, -0.25) is 9.59 Å². The Balaban J connectivity index is 1.41. The van der Waals surface area contributed by atoms with Crippen molar-refractivity contribution in [3.8, 4) is 11.5 Å². The molecular weight excluding hydrogens is 394 g/mol. The zero-order valence-corrected chi connectivity index (χ0v) is 17.1. The van der Waals surface area contributed by atoms with Crippen molar-refractivity contribution in [1.29, 1.82) is 0 Å². The maximum absolute atomic E-state index is 11.8. The maximum atomic E-state index is 11.8. The molecule has 0 aliphatic rings. The van der Waals surface area contributed by atoms with E-state index in [-0.39, 0.29) is 6.42 Å². The second kappa shape index (κ2) is 11.2. The summed E-state index contributed by atoms with van der Waals surface area (Å²) in [6, 6.07) is 23.9. The third kappa shape index (κ3) is 7.32. The summed E-state index contributed by atoms with van der Waals surface area (Å²) in [6.07, 6.45) is 1.19. The summed E-state index contributed by atoms with van der Waals surface area (Å²) in [5.74, 6) is 0.618. The molecule has 0 saturated carbocycles. The lowest BCUT2D eigenvalue weighted by Crippen LogP contribution is -2.24. The number of carbonyl (C=O) groups is 2. The largest absolute Gasteiger partial charge is 0.497 e. The van der Waals surface area contributed by atoms with Crippen LogP contribution in [0.5, 0.6) is 11.5 Å². The number of carbonyl (C=O) groups excluding carboxylic acids is 2. The molecule has 0 heterocycles. The topological polar surface area (TPSA) is 89.0 Å². The lowest BCUT2D eigenvalue weighted by Gasteiger charge is -2.07. The molecule has 0 aliphatic carbocycles. The number of nitrogens with zero attached hydrogens (tertiary/aromatic N) is 1. The number of ether oxygens (including phenoxy) is 2. The van der Waals surface area contributed by atoms with Gasteiger partial charge in [-0.2, -0.15) is 5.10 Å². The molecule has 7 heteroatoms. The van der Waals surface area contributed by atoms with Crippen LogP contribution in [-0.4, -0.2) is 25.1 Å². The van der Waals surface area contributed by atoms with E-state index in [0.717, 1.165) is 22.6 Å². The molecular formula is C24H23N3O4. The Hall–Kier alpha value is -4.13. The van der Waals surface area contributed by atoms with Crippen molar-refractivity contribution < 1.29 is 19.1 Å². The summed E-state index contributed by atoms with van der Waals surface area (Å²) in [6.45, 7) is 0.443. The second-order valence-corrected chi connectivity index (χ2v) is 6.59. The highest BCUT2D eigenvalue weighted by atomic mass is 16.5. The van der Waals surface area contributed by atoms with Crippen LogP contribution in [0.1, 0.15) is 17.5 Å². The Morgan fingerprint density at radius 2 is 1.55 bits per heavy atom. The maximum Gasteiger partial charge on any atom is 0.249 e. The number of benzene rings is 3. The fourth-order valence-electron chi connectivity index (χ4n) is 2.63. The minimum atomic E-state index is -0.496. The molecule has 0 fully saturated rings. The SMILES string of the molecule is COc1ccc(COc2ccc(C=NNC(=O)CC(=O)Nc3ccccc3)cc2)cc1. The Morgan fingerprint density at radius 1 is 0.871 bits per heavy atom. The first-order valence-electron chi connectivity index (χ1n) is 9.65. The van der Waals surface area contributed by atoms with Crippen LogP contribution < -0.4 is 20.2 Å². The Bertz CT molecular complexity index is 1020. The van der Waals surface area contributed by atoms with Crippen molar-refractivity contribution in [2.45, 2.75) is 13.0 Å². The van der Waals surface area contributed by atoms with Gasteiger partial charge in [-0.25, -0.2) is 5.43 Å². The normalized spacial score (nSPS) is 10.5. The molecule has 0 unspecified atom stereocenters. The fraction of sp³-hybridized carbons (Fsp3) is 0.125. The van der Waals surface area contributed by atoms with E-state index in [4.69, 9.17) is 9.47 Å². The van der Waals surface area contributed by atoms with Crippen molar-refractivity contribution in [3.63, 3.8) is 0 Å². The summed E-state index contributed by atoms with van der Waals surface area (Å²) in [4.78, 5) is 23.7. The molecule has 7 nitrogen and oxygen atoms in total. The van der Waals surface area contributed by atoms with E-state index in [1.54, 1.807) is 31.4 Å². The first-order chi connectivity index (χ1) is 15.1. The molecule has 0 atom stereocenters. The van der Waals surface area contributed by atoms with Gasteiger partial charge in [0.05, 0.1) is 13.3 Å². The van der Waals surface area contributed by atoms with Gasteiger partial charge in [-0.1, -0.05) is 30.3 Å². The number of hydrogen-bond donors (Lipinski definition) is 2. The first kappa shape index (κ1) is 21.6. The van der Waals surface area contributed by atoms with Gasteiger partial charge >= 0.3 is 0 Å². The smallest absolute Gasteiger partial charge is 0.249 e. The van der Waals surface area contributed by atoms with Crippen molar-refractivity contribution in [2.24, 2.45) is 5.10 Å². The zero-order chi connectivity index (χ0) is 21.9. The van der Waals surface area contributed by atoms with Crippen molar-refractivity contribution in [1.82, 2.24) is 5.43 Å². The van der Waals surface area contributed by atoms with Crippen LogP contribution in [0.3, 0.4) is 0 Å². The molecule has 0 aromatic heterocycles.